The van der Waals surface area contributed by atoms with Crippen molar-refractivity contribution in [2.24, 2.45) is 5.92 Å². The quantitative estimate of drug-likeness (QED) is 0.889. The van der Waals surface area contributed by atoms with Crippen LogP contribution in [0.2, 0.25) is 0 Å². The second-order valence-electron chi connectivity index (χ2n) is 5.57. The van der Waals surface area contributed by atoms with Gasteiger partial charge in [-0.15, -0.1) is 0 Å². The van der Waals surface area contributed by atoms with Crippen molar-refractivity contribution in [1.29, 1.82) is 5.26 Å². The summed E-state index contributed by atoms with van der Waals surface area (Å²) in [4.78, 5) is 0. The summed E-state index contributed by atoms with van der Waals surface area (Å²) in [6.07, 6.45) is 4.35. The maximum absolute atomic E-state index is 14.0. The first-order valence-corrected chi connectivity index (χ1v) is 7.22. The molecule has 1 saturated carbocycles. The van der Waals surface area contributed by atoms with Crippen molar-refractivity contribution < 1.29 is 9.50 Å². The number of halogens is 1. The average Bonchev–Trinajstić information content (AvgIpc) is 2.47. The lowest BCUT2D eigenvalue weighted by Gasteiger charge is -2.33. The Hall–Kier alpha value is -1.44. The number of benzene rings is 1. The van der Waals surface area contributed by atoms with Gasteiger partial charge in [-0.1, -0.05) is 18.9 Å². The van der Waals surface area contributed by atoms with E-state index in [1.165, 1.54) is 6.07 Å². The number of hydrogen-bond acceptors (Lipinski definition) is 3. The number of nitriles is 1. The number of nitrogens with zero attached hydrogens (tertiary/aromatic N) is 1. The number of nitrogens with one attached hydrogen (secondary N) is 1. The lowest BCUT2D eigenvalue weighted by Crippen LogP contribution is -2.41. The van der Waals surface area contributed by atoms with Gasteiger partial charge in [0.05, 0.1) is 11.6 Å². The fourth-order valence-electron chi connectivity index (χ4n) is 3.00. The molecule has 20 heavy (non-hydrogen) atoms. The average molecular weight is 276 g/mol. The van der Waals surface area contributed by atoms with Gasteiger partial charge in [0.15, 0.2) is 0 Å². The van der Waals surface area contributed by atoms with Crippen molar-refractivity contribution in [3.8, 4) is 6.07 Å². The molecule has 0 spiro atoms. The standard InChI is InChI=1S/C16H21FN2O/c1-11(14-7-6-12(9-18)8-15(14)17)19-16-5-3-2-4-13(16)10-20/h6-8,11,13,16,19-20H,2-5,10H2,1H3. The van der Waals surface area contributed by atoms with Crippen molar-refractivity contribution in [2.75, 3.05) is 6.61 Å². The van der Waals surface area contributed by atoms with Gasteiger partial charge in [-0.3, -0.25) is 0 Å². The fraction of sp³-hybridized carbons (Fsp3) is 0.562. The molecule has 3 atom stereocenters. The molecule has 3 unspecified atom stereocenters. The van der Waals surface area contributed by atoms with Gasteiger partial charge in [0, 0.05) is 24.3 Å². The topological polar surface area (TPSA) is 56.0 Å². The number of aliphatic hydroxyl groups is 1. The Morgan fingerprint density at radius 3 is 2.85 bits per heavy atom. The molecule has 0 aliphatic heterocycles. The molecule has 0 heterocycles. The fourth-order valence-corrected chi connectivity index (χ4v) is 3.00. The van der Waals surface area contributed by atoms with Crippen LogP contribution in [0, 0.1) is 23.1 Å². The molecule has 0 amide bonds. The monoisotopic (exact) mass is 276 g/mol. The van der Waals surface area contributed by atoms with E-state index in [0.717, 1.165) is 25.7 Å². The molecule has 0 radical (unpaired) electrons. The third-order valence-corrected chi connectivity index (χ3v) is 4.20. The summed E-state index contributed by atoms with van der Waals surface area (Å²) in [5, 5.41) is 21.6. The first kappa shape index (κ1) is 15.0. The van der Waals surface area contributed by atoms with E-state index in [0.29, 0.717) is 11.1 Å². The zero-order chi connectivity index (χ0) is 14.5. The highest BCUT2D eigenvalue weighted by Gasteiger charge is 2.26. The lowest BCUT2D eigenvalue weighted by molar-refractivity contribution is 0.147. The highest BCUT2D eigenvalue weighted by molar-refractivity contribution is 5.34. The normalized spacial score (nSPS) is 24.1. The van der Waals surface area contributed by atoms with Crippen LogP contribution in [0.5, 0.6) is 0 Å². The summed E-state index contributed by atoms with van der Waals surface area (Å²) in [7, 11) is 0. The minimum atomic E-state index is -0.347. The molecule has 2 rings (SSSR count). The van der Waals surface area contributed by atoms with Crippen LogP contribution in [0.3, 0.4) is 0 Å². The largest absolute Gasteiger partial charge is 0.396 e. The zero-order valence-corrected chi connectivity index (χ0v) is 11.8. The minimum absolute atomic E-state index is 0.125. The summed E-state index contributed by atoms with van der Waals surface area (Å²) in [6, 6.07) is 6.63. The van der Waals surface area contributed by atoms with Crippen LogP contribution in [-0.2, 0) is 0 Å². The molecule has 0 aromatic heterocycles. The molecule has 1 fully saturated rings. The molecule has 108 valence electrons. The van der Waals surface area contributed by atoms with Gasteiger partial charge in [0.2, 0.25) is 0 Å². The zero-order valence-electron chi connectivity index (χ0n) is 11.8. The summed E-state index contributed by atoms with van der Waals surface area (Å²) < 4.78 is 14.0. The molecule has 2 N–H and O–H groups in total. The predicted octanol–water partition coefficient (Wildman–Crippen LogP) is 2.90. The summed E-state index contributed by atoms with van der Waals surface area (Å²) in [5.41, 5.74) is 0.913. The Balaban J connectivity index is 2.07. The van der Waals surface area contributed by atoms with E-state index in [-0.39, 0.29) is 30.4 Å². The van der Waals surface area contributed by atoms with E-state index < -0.39 is 0 Å². The van der Waals surface area contributed by atoms with E-state index in [1.807, 2.05) is 13.0 Å². The highest BCUT2D eigenvalue weighted by atomic mass is 19.1. The Bertz CT molecular complexity index is 498. The summed E-state index contributed by atoms with van der Waals surface area (Å²) >= 11 is 0. The van der Waals surface area contributed by atoms with Crippen molar-refractivity contribution in [3.05, 3.63) is 35.1 Å². The van der Waals surface area contributed by atoms with Crippen LogP contribution >= 0.6 is 0 Å². The van der Waals surface area contributed by atoms with Crippen LogP contribution in [0.25, 0.3) is 0 Å². The maximum atomic E-state index is 14.0. The summed E-state index contributed by atoms with van der Waals surface area (Å²) in [6.45, 7) is 2.10. The summed E-state index contributed by atoms with van der Waals surface area (Å²) in [5.74, 6) is -0.0898. The van der Waals surface area contributed by atoms with Gasteiger partial charge in [-0.05, 0) is 37.8 Å². The molecule has 4 heteroatoms. The van der Waals surface area contributed by atoms with Gasteiger partial charge < -0.3 is 10.4 Å². The Morgan fingerprint density at radius 1 is 1.45 bits per heavy atom. The molecule has 3 nitrogen and oxygen atoms in total. The molecular weight excluding hydrogens is 255 g/mol. The van der Waals surface area contributed by atoms with Crippen LogP contribution in [0.1, 0.15) is 49.8 Å². The molecule has 1 aliphatic carbocycles. The van der Waals surface area contributed by atoms with E-state index in [4.69, 9.17) is 5.26 Å². The van der Waals surface area contributed by atoms with E-state index in [9.17, 15) is 9.50 Å². The molecule has 0 saturated heterocycles. The van der Waals surface area contributed by atoms with Gasteiger partial charge >= 0.3 is 0 Å². The number of rotatable bonds is 4. The van der Waals surface area contributed by atoms with Crippen LogP contribution in [0.4, 0.5) is 4.39 Å². The predicted molar refractivity (Wildman–Crippen MR) is 75.5 cm³/mol. The minimum Gasteiger partial charge on any atom is -0.396 e. The lowest BCUT2D eigenvalue weighted by atomic mass is 9.84. The van der Waals surface area contributed by atoms with Crippen molar-refractivity contribution in [1.82, 2.24) is 5.32 Å². The molecule has 1 aromatic carbocycles. The van der Waals surface area contributed by atoms with Gasteiger partial charge in [0.25, 0.3) is 0 Å². The number of hydrogen-bond donors (Lipinski definition) is 2. The molecule has 1 aliphatic rings. The molecular formula is C16H21FN2O. The van der Waals surface area contributed by atoms with Crippen LogP contribution in [0.15, 0.2) is 18.2 Å². The van der Waals surface area contributed by atoms with E-state index in [1.54, 1.807) is 12.1 Å². The van der Waals surface area contributed by atoms with Gasteiger partial charge in [-0.25, -0.2) is 4.39 Å². The third-order valence-electron chi connectivity index (χ3n) is 4.20. The maximum Gasteiger partial charge on any atom is 0.129 e. The number of aliphatic hydroxyl groups excluding tert-OH is 1. The Kier molecular flexibility index (Phi) is 5.11. The van der Waals surface area contributed by atoms with Gasteiger partial charge in [-0.2, -0.15) is 5.26 Å². The smallest absolute Gasteiger partial charge is 0.129 e. The first-order chi connectivity index (χ1) is 9.65. The Labute approximate surface area is 119 Å². The molecule has 0 bridgehead atoms. The second kappa shape index (κ2) is 6.83. The van der Waals surface area contributed by atoms with Crippen molar-refractivity contribution in [2.45, 2.75) is 44.7 Å². The van der Waals surface area contributed by atoms with Crippen molar-refractivity contribution >= 4 is 0 Å². The SMILES string of the molecule is CC(NC1CCCCC1CO)c1ccc(C#N)cc1F. The third kappa shape index (κ3) is 3.36. The van der Waals surface area contributed by atoms with Crippen LogP contribution < -0.4 is 5.32 Å². The Morgan fingerprint density at radius 2 is 2.20 bits per heavy atom. The van der Waals surface area contributed by atoms with E-state index >= 15 is 0 Å². The highest BCUT2D eigenvalue weighted by Crippen LogP contribution is 2.27. The van der Waals surface area contributed by atoms with E-state index in [2.05, 4.69) is 5.32 Å². The van der Waals surface area contributed by atoms with Crippen LogP contribution in [-0.4, -0.2) is 17.8 Å². The first-order valence-electron chi connectivity index (χ1n) is 7.22. The van der Waals surface area contributed by atoms with Crippen molar-refractivity contribution in [3.63, 3.8) is 0 Å². The second-order valence-corrected chi connectivity index (χ2v) is 5.57. The molecule has 1 aromatic rings. The van der Waals surface area contributed by atoms with Gasteiger partial charge in [0.1, 0.15) is 5.82 Å².